The maximum atomic E-state index is 6.19. The third kappa shape index (κ3) is 2.50. The van der Waals surface area contributed by atoms with Crippen molar-refractivity contribution in [2.45, 2.75) is 6.92 Å². The van der Waals surface area contributed by atoms with Crippen molar-refractivity contribution in [3.8, 4) is 5.75 Å². The van der Waals surface area contributed by atoms with Gasteiger partial charge in [-0.25, -0.2) is 4.98 Å². The van der Waals surface area contributed by atoms with E-state index in [9.17, 15) is 0 Å². The van der Waals surface area contributed by atoms with Gasteiger partial charge in [-0.05, 0) is 25.3 Å². The fourth-order valence-electron chi connectivity index (χ4n) is 1.54. The molecule has 2 aromatic rings. The van der Waals surface area contributed by atoms with Gasteiger partial charge in [0.2, 0.25) is 0 Å². The van der Waals surface area contributed by atoms with Crippen molar-refractivity contribution in [1.29, 1.82) is 0 Å². The quantitative estimate of drug-likeness (QED) is 0.896. The second-order valence-corrected chi connectivity index (χ2v) is 3.92. The molecular weight excluding hydrogens is 236 g/mol. The summed E-state index contributed by atoms with van der Waals surface area (Å²) in [6.45, 7) is 1.93. The zero-order valence-corrected chi connectivity index (χ0v) is 10.5. The second-order valence-electron chi connectivity index (χ2n) is 3.52. The highest BCUT2D eigenvalue weighted by molar-refractivity contribution is 6.35. The predicted octanol–water partition coefficient (Wildman–Crippen LogP) is 3.84. The Kier molecular flexibility index (Phi) is 3.49. The van der Waals surface area contributed by atoms with E-state index in [-0.39, 0.29) is 0 Å². The van der Waals surface area contributed by atoms with Crippen molar-refractivity contribution in [2.75, 3.05) is 12.4 Å². The number of rotatable bonds is 3. The standard InChI is InChI=1S/C13H13ClN2O/c1-3-6-15-13-8-11(14)10-5-4-9(17-2)7-12(10)16-13/h3-8H,1-2H3,(H,15,16)/b6-3-. The second kappa shape index (κ2) is 5.06. The molecule has 1 heterocycles. The fraction of sp³-hybridized carbons (Fsp3) is 0.154. The molecule has 0 saturated heterocycles. The number of nitrogens with zero attached hydrogens (tertiary/aromatic N) is 1. The third-order valence-electron chi connectivity index (χ3n) is 2.36. The molecule has 0 amide bonds. The Hall–Kier alpha value is -1.74. The number of ether oxygens (including phenoxy) is 1. The van der Waals surface area contributed by atoms with Crippen LogP contribution < -0.4 is 10.1 Å². The minimum absolute atomic E-state index is 0.671. The molecule has 2 rings (SSSR count). The number of hydrogen-bond acceptors (Lipinski definition) is 3. The molecule has 0 spiro atoms. The zero-order valence-electron chi connectivity index (χ0n) is 9.70. The number of anilines is 1. The van der Waals surface area contributed by atoms with Crippen LogP contribution >= 0.6 is 11.6 Å². The summed E-state index contributed by atoms with van der Waals surface area (Å²) in [5, 5.41) is 4.63. The number of pyridine rings is 1. The van der Waals surface area contributed by atoms with Gasteiger partial charge in [-0.2, -0.15) is 0 Å². The number of halogens is 1. The molecular formula is C13H13ClN2O. The molecule has 1 N–H and O–H groups in total. The number of nitrogens with one attached hydrogen (secondary N) is 1. The molecule has 0 unspecified atom stereocenters. The van der Waals surface area contributed by atoms with Gasteiger partial charge in [-0.3, -0.25) is 0 Å². The van der Waals surface area contributed by atoms with Gasteiger partial charge in [0.25, 0.3) is 0 Å². The lowest BCUT2D eigenvalue weighted by Crippen LogP contribution is -1.92. The lowest BCUT2D eigenvalue weighted by Gasteiger charge is -2.06. The maximum absolute atomic E-state index is 6.19. The minimum Gasteiger partial charge on any atom is -0.497 e. The van der Waals surface area contributed by atoms with Crippen LogP contribution in [-0.4, -0.2) is 12.1 Å². The van der Waals surface area contributed by atoms with Crippen molar-refractivity contribution in [3.05, 3.63) is 41.6 Å². The summed E-state index contributed by atoms with van der Waals surface area (Å²) >= 11 is 6.19. The van der Waals surface area contributed by atoms with E-state index < -0.39 is 0 Å². The molecule has 1 aromatic carbocycles. The Morgan fingerprint density at radius 1 is 1.35 bits per heavy atom. The summed E-state index contributed by atoms with van der Waals surface area (Å²) < 4.78 is 5.17. The van der Waals surface area contributed by atoms with Crippen molar-refractivity contribution in [1.82, 2.24) is 4.98 Å². The average molecular weight is 249 g/mol. The van der Waals surface area contributed by atoms with Gasteiger partial charge in [0, 0.05) is 17.5 Å². The Morgan fingerprint density at radius 2 is 2.18 bits per heavy atom. The van der Waals surface area contributed by atoms with E-state index >= 15 is 0 Å². The lowest BCUT2D eigenvalue weighted by molar-refractivity contribution is 0.415. The van der Waals surface area contributed by atoms with E-state index in [1.54, 1.807) is 13.2 Å². The third-order valence-corrected chi connectivity index (χ3v) is 2.68. The Morgan fingerprint density at radius 3 is 2.88 bits per heavy atom. The normalized spacial score (nSPS) is 11.0. The van der Waals surface area contributed by atoms with Gasteiger partial charge in [-0.1, -0.05) is 17.7 Å². The first kappa shape index (κ1) is 11.7. The highest BCUT2D eigenvalue weighted by Crippen LogP contribution is 2.28. The van der Waals surface area contributed by atoms with E-state index in [2.05, 4.69) is 10.3 Å². The lowest BCUT2D eigenvalue weighted by atomic mass is 10.2. The molecule has 17 heavy (non-hydrogen) atoms. The largest absolute Gasteiger partial charge is 0.497 e. The highest BCUT2D eigenvalue weighted by Gasteiger charge is 2.04. The van der Waals surface area contributed by atoms with Crippen LogP contribution in [0.25, 0.3) is 10.9 Å². The molecule has 4 heteroatoms. The predicted molar refractivity (Wildman–Crippen MR) is 71.7 cm³/mol. The molecule has 0 aliphatic heterocycles. The molecule has 0 aliphatic rings. The minimum atomic E-state index is 0.671. The van der Waals surface area contributed by atoms with Crippen molar-refractivity contribution in [2.24, 2.45) is 0 Å². The first-order valence-corrected chi connectivity index (χ1v) is 5.64. The molecule has 0 aliphatic carbocycles. The van der Waals surface area contributed by atoms with Crippen LogP contribution in [0, 0.1) is 0 Å². The van der Waals surface area contributed by atoms with Crippen LogP contribution in [0.15, 0.2) is 36.5 Å². The summed E-state index contributed by atoms with van der Waals surface area (Å²) in [7, 11) is 1.63. The Bertz CT molecular complexity index is 567. The zero-order chi connectivity index (χ0) is 12.3. The summed E-state index contributed by atoms with van der Waals surface area (Å²) in [4.78, 5) is 4.46. The molecule has 0 radical (unpaired) electrons. The van der Waals surface area contributed by atoms with Crippen LogP contribution in [0.1, 0.15) is 6.92 Å². The topological polar surface area (TPSA) is 34.1 Å². The number of hydrogen-bond donors (Lipinski definition) is 1. The first-order valence-electron chi connectivity index (χ1n) is 5.26. The molecule has 0 saturated carbocycles. The van der Waals surface area contributed by atoms with Gasteiger partial charge < -0.3 is 10.1 Å². The highest BCUT2D eigenvalue weighted by atomic mass is 35.5. The van der Waals surface area contributed by atoms with E-state index in [0.717, 1.165) is 16.7 Å². The Balaban J connectivity index is 2.53. The number of allylic oxidation sites excluding steroid dienone is 1. The van der Waals surface area contributed by atoms with Crippen molar-refractivity contribution < 1.29 is 4.74 Å². The Labute approximate surface area is 105 Å². The van der Waals surface area contributed by atoms with Gasteiger partial charge in [-0.15, -0.1) is 0 Å². The molecule has 1 aromatic heterocycles. The monoisotopic (exact) mass is 248 g/mol. The van der Waals surface area contributed by atoms with Crippen LogP contribution in [0.2, 0.25) is 5.02 Å². The fourth-order valence-corrected chi connectivity index (χ4v) is 1.80. The van der Waals surface area contributed by atoms with Crippen molar-refractivity contribution in [3.63, 3.8) is 0 Å². The number of benzene rings is 1. The number of fused-ring (bicyclic) bond motifs is 1. The average Bonchev–Trinajstić information content (AvgIpc) is 2.35. The molecule has 88 valence electrons. The molecule has 3 nitrogen and oxygen atoms in total. The van der Waals surface area contributed by atoms with Crippen LogP contribution in [0.4, 0.5) is 5.82 Å². The summed E-state index contributed by atoms with van der Waals surface area (Å²) in [5.74, 6) is 1.48. The van der Waals surface area contributed by atoms with E-state index in [0.29, 0.717) is 10.8 Å². The maximum Gasteiger partial charge on any atom is 0.132 e. The summed E-state index contributed by atoms with van der Waals surface area (Å²) in [5.41, 5.74) is 0.809. The summed E-state index contributed by atoms with van der Waals surface area (Å²) in [6, 6.07) is 7.44. The van der Waals surface area contributed by atoms with Gasteiger partial charge >= 0.3 is 0 Å². The van der Waals surface area contributed by atoms with E-state index in [1.165, 1.54) is 0 Å². The van der Waals surface area contributed by atoms with E-state index in [1.807, 2.05) is 37.4 Å². The number of aromatic nitrogens is 1. The summed E-state index contributed by atoms with van der Waals surface area (Å²) in [6.07, 6.45) is 3.70. The van der Waals surface area contributed by atoms with Crippen LogP contribution in [0.3, 0.4) is 0 Å². The first-order chi connectivity index (χ1) is 8.24. The molecule has 0 bridgehead atoms. The van der Waals surface area contributed by atoms with Gasteiger partial charge in [0.05, 0.1) is 17.6 Å². The number of methoxy groups -OCH3 is 1. The van der Waals surface area contributed by atoms with Gasteiger partial charge in [0.1, 0.15) is 11.6 Å². The molecule has 0 atom stereocenters. The van der Waals surface area contributed by atoms with Gasteiger partial charge in [0.15, 0.2) is 0 Å². The molecule has 0 fully saturated rings. The van der Waals surface area contributed by atoms with E-state index in [4.69, 9.17) is 16.3 Å². The SMILES string of the molecule is C/C=C\Nc1cc(Cl)c2ccc(OC)cc2n1. The van der Waals surface area contributed by atoms with Crippen LogP contribution in [0.5, 0.6) is 5.75 Å². The van der Waals surface area contributed by atoms with Crippen LogP contribution in [-0.2, 0) is 0 Å². The van der Waals surface area contributed by atoms with Crippen molar-refractivity contribution >= 4 is 28.3 Å². The smallest absolute Gasteiger partial charge is 0.132 e.